The number of rotatable bonds is 4. The van der Waals surface area contributed by atoms with Gasteiger partial charge in [-0.3, -0.25) is 0 Å². The molecule has 6 nitrogen and oxygen atoms in total. The smallest absolute Gasteiger partial charge is 0.170 e. The zero-order valence-electron chi connectivity index (χ0n) is 11.7. The molecule has 0 aliphatic carbocycles. The number of benzene rings is 2. The van der Waals surface area contributed by atoms with Crippen LogP contribution in [0.1, 0.15) is 0 Å². The second kappa shape index (κ2) is 6.69. The van der Waals surface area contributed by atoms with Crippen molar-refractivity contribution in [1.82, 2.24) is 0 Å². The Labute approximate surface area is 128 Å². The molecule has 2 aromatic carbocycles. The second-order valence-electron chi connectivity index (χ2n) is 4.40. The average Bonchev–Trinajstić information content (AvgIpc) is 2.52. The molecule has 0 radical (unpaired) electrons. The van der Waals surface area contributed by atoms with E-state index in [2.05, 4.69) is 10.6 Å². The van der Waals surface area contributed by atoms with E-state index >= 15 is 0 Å². The summed E-state index contributed by atoms with van der Waals surface area (Å²) in [6.45, 7) is 0. The highest BCUT2D eigenvalue weighted by atomic mass is 15.1. The quantitative estimate of drug-likeness (QED) is 0.507. The van der Waals surface area contributed by atoms with Crippen LogP contribution in [0.5, 0.6) is 0 Å². The van der Waals surface area contributed by atoms with Gasteiger partial charge in [0, 0.05) is 0 Å². The third-order valence-corrected chi connectivity index (χ3v) is 2.91. The van der Waals surface area contributed by atoms with Crippen molar-refractivity contribution in [1.29, 1.82) is 10.5 Å². The van der Waals surface area contributed by atoms with Crippen LogP contribution in [0.3, 0.4) is 0 Å². The van der Waals surface area contributed by atoms with Crippen LogP contribution in [0.2, 0.25) is 0 Å². The van der Waals surface area contributed by atoms with Gasteiger partial charge in [0.25, 0.3) is 0 Å². The molecule has 0 aliphatic heterocycles. The van der Waals surface area contributed by atoms with Gasteiger partial charge in [0.1, 0.15) is 18.0 Å². The molecule has 0 aliphatic rings. The number of nitrogens with two attached hydrogens (primary N) is 2. The Balaban J connectivity index is 2.40. The monoisotopic (exact) mass is 290 g/mol. The maximum Gasteiger partial charge on any atom is 0.170 e. The predicted octanol–water partition coefficient (Wildman–Crippen LogP) is 2.63. The summed E-state index contributed by atoms with van der Waals surface area (Å²) >= 11 is 0. The molecule has 0 saturated carbocycles. The lowest BCUT2D eigenvalue weighted by atomic mass is 10.2. The number of nitrogen functional groups attached to an aromatic ring is 2. The summed E-state index contributed by atoms with van der Waals surface area (Å²) in [5, 5.41) is 24.2. The van der Waals surface area contributed by atoms with Gasteiger partial charge < -0.3 is 22.1 Å². The molecule has 2 rings (SSSR count). The molecule has 0 atom stereocenters. The number of nitrogens with zero attached hydrogens (tertiary/aromatic N) is 2. The molecule has 0 fully saturated rings. The van der Waals surface area contributed by atoms with Gasteiger partial charge in [0.05, 0.1) is 22.7 Å². The molecule has 6 heteroatoms. The maximum absolute atomic E-state index is 9.12. The lowest BCUT2D eigenvalue weighted by Gasteiger charge is -2.16. The molecule has 108 valence electrons. The Kier molecular flexibility index (Phi) is 4.49. The Bertz CT molecular complexity index is 729. The lowest BCUT2D eigenvalue weighted by Crippen LogP contribution is -2.14. The summed E-state index contributed by atoms with van der Waals surface area (Å²) in [6, 6.07) is 17.8. The summed E-state index contributed by atoms with van der Waals surface area (Å²) in [5.74, 6) is 0.223. The van der Waals surface area contributed by atoms with Crippen LogP contribution >= 0.6 is 0 Å². The number of para-hydroxylation sites is 4. The van der Waals surface area contributed by atoms with Crippen LogP contribution in [0.4, 0.5) is 22.7 Å². The predicted molar refractivity (Wildman–Crippen MR) is 87.2 cm³/mol. The van der Waals surface area contributed by atoms with E-state index in [1.165, 1.54) is 0 Å². The van der Waals surface area contributed by atoms with Gasteiger partial charge in [-0.2, -0.15) is 10.5 Å². The molecule has 0 bridgehead atoms. The number of anilines is 4. The molecule has 0 saturated heterocycles. The van der Waals surface area contributed by atoms with Gasteiger partial charge >= 0.3 is 0 Å². The fraction of sp³-hybridized carbons (Fsp3) is 0. The summed E-state index contributed by atoms with van der Waals surface area (Å²) in [7, 11) is 0. The van der Waals surface area contributed by atoms with Crippen molar-refractivity contribution in [3.8, 4) is 12.1 Å². The van der Waals surface area contributed by atoms with E-state index in [0.29, 0.717) is 22.7 Å². The van der Waals surface area contributed by atoms with Gasteiger partial charge in [-0.1, -0.05) is 24.3 Å². The highest BCUT2D eigenvalue weighted by Crippen LogP contribution is 2.23. The van der Waals surface area contributed by atoms with E-state index in [-0.39, 0.29) is 11.4 Å². The van der Waals surface area contributed by atoms with E-state index in [1.807, 2.05) is 12.1 Å². The minimum Gasteiger partial charge on any atom is -0.397 e. The fourth-order valence-corrected chi connectivity index (χ4v) is 1.78. The molecule has 0 amide bonds. The number of hydrogen-bond acceptors (Lipinski definition) is 6. The first-order valence-corrected chi connectivity index (χ1v) is 6.43. The van der Waals surface area contributed by atoms with Gasteiger partial charge in [0.15, 0.2) is 5.57 Å². The molecule has 6 N–H and O–H groups in total. The Hall–Kier alpha value is -3.64. The SMILES string of the molecule is N#CC(C#N)=C(Nc1ccccc1N)Nc1ccccc1N. The van der Waals surface area contributed by atoms with Crippen LogP contribution in [0.25, 0.3) is 0 Å². The Morgan fingerprint density at radius 1 is 0.773 bits per heavy atom. The van der Waals surface area contributed by atoms with Gasteiger partial charge in [0.2, 0.25) is 0 Å². The fourth-order valence-electron chi connectivity index (χ4n) is 1.78. The largest absolute Gasteiger partial charge is 0.397 e. The summed E-state index contributed by atoms with van der Waals surface area (Å²) in [6.07, 6.45) is 0. The van der Waals surface area contributed by atoms with Crippen LogP contribution in [0.15, 0.2) is 59.9 Å². The molecule has 0 spiro atoms. The van der Waals surface area contributed by atoms with Crippen LogP contribution < -0.4 is 22.1 Å². The average molecular weight is 290 g/mol. The Morgan fingerprint density at radius 2 is 1.18 bits per heavy atom. The molecule has 0 heterocycles. The van der Waals surface area contributed by atoms with Crippen LogP contribution in [-0.4, -0.2) is 0 Å². The highest BCUT2D eigenvalue weighted by molar-refractivity contribution is 5.74. The van der Waals surface area contributed by atoms with Gasteiger partial charge in [-0.15, -0.1) is 0 Å². The van der Waals surface area contributed by atoms with Crippen molar-refractivity contribution in [2.24, 2.45) is 0 Å². The van der Waals surface area contributed by atoms with Crippen molar-refractivity contribution in [2.45, 2.75) is 0 Å². The summed E-state index contributed by atoms with van der Waals surface area (Å²) in [5.41, 5.74) is 13.8. The van der Waals surface area contributed by atoms with E-state index in [4.69, 9.17) is 22.0 Å². The van der Waals surface area contributed by atoms with Crippen molar-refractivity contribution in [2.75, 3.05) is 22.1 Å². The third kappa shape index (κ3) is 3.27. The Morgan fingerprint density at radius 3 is 1.55 bits per heavy atom. The van der Waals surface area contributed by atoms with E-state index in [1.54, 1.807) is 48.5 Å². The van der Waals surface area contributed by atoms with Crippen LogP contribution in [0, 0.1) is 22.7 Å². The standard InChI is InChI=1S/C16H14N6/c17-9-11(10-18)16(21-14-7-3-1-5-12(14)19)22-15-8-4-2-6-13(15)20/h1-8,21-22H,19-20H2. The van der Waals surface area contributed by atoms with Crippen molar-refractivity contribution in [3.63, 3.8) is 0 Å². The molecule has 0 aromatic heterocycles. The molecular formula is C16H14N6. The lowest BCUT2D eigenvalue weighted by molar-refractivity contribution is 1.32. The second-order valence-corrected chi connectivity index (χ2v) is 4.40. The van der Waals surface area contributed by atoms with Crippen LogP contribution in [-0.2, 0) is 0 Å². The molecular weight excluding hydrogens is 276 g/mol. The van der Waals surface area contributed by atoms with Gasteiger partial charge in [-0.25, -0.2) is 0 Å². The highest BCUT2D eigenvalue weighted by Gasteiger charge is 2.10. The number of allylic oxidation sites excluding steroid dienone is 1. The minimum atomic E-state index is -0.105. The maximum atomic E-state index is 9.12. The van der Waals surface area contributed by atoms with E-state index < -0.39 is 0 Å². The van der Waals surface area contributed by atoms with Gasteiger partial charge in [-0.05, 0) is 24.3 Å². The summed E-state index contributed by atoms with van der Waals surface area (Å²) in [4.78, 5) is 0. The van der Waals surface area contributed by atoms with Crippen molar-refractivity contribution < 1.29 is 0 Å². The normalized spacial score (nSPS) is 9.18. The number of hydrogen-bond donors (Lipinski definition) is 4. The first kappa shape index (κ1) is 14.8. The first-order chi connectivity index (χ1) is 10.7. The zero-order valence-corrected chi connectivity index (χ0v) is 11.7. The number of nitrogens with one attached hydrogen (secondary N) is 2. The molecule has 0 unspecified atom stereocenters. The summed E-state index contributed by atoms with van der Waals surface area (Å²) < 4.78 is 0. The van der Waals surface area contributed by atoms with Crippen molar-refractivity contribution in [3.05, 3.63) is 59.9 Å². The third-order valence-electron chi connectivity index (χ3n) is 2.91. The van der Waals surface area contributed by atoms with E-state index in [0.717, 1.165) is 0 Å². The molecule has 2 aromatic rings. The van der Waals surface area contributed by atoms with E-state index in [9.17, 15) is 0 Å². The topological polar surface area (TPSA) is 124 Å². The minimum absolute atomic E-state index is 0.105. The zero-order chi connectivity index (χ0) is 15.9. The van der Waals surface area contributed by atoms with Crippen molar-refractivity contribution >= 4 is 22.7 Å². The first-order valence-electron chi connectivity index (χ1n) is 6.43. The molecule has 22 heavy (non-hydrogen) atoms. The number of nitriles is 2.